The molecule has 0 saturated carbocycles. The molecule has 0 amide bonds. The van der Waals surface area contributed by atoms with Crippen LogP contribution in [0.2, 0.25) is 0 Å². The van der Waals surface area contributed by atoms with E-state index in [1.54, 1.807) is 0 Å². The molecule has 3 heteroatoms. The van der Waals surface area contributed by atoms with Crippen LogP contribution in [0, 0.1) is 6.92 Å². The van der Waals surface area contributed by atoms with Crippen LogP contribution in [0.5, 0.6) is 0 Å². The van der Waals surface area contributed by atoms with Gasteiger partial charge >= 0.3 is 0 Å². The molecular formula is C22H19N3. The van der Waals surface area contributed by atoms with E-state index in [-0.39, 0.29) is 0 Å². The van der Waals surface area contributed by atoms with E-state index in [9.17, 15) is 0 Å². The first-order chi connectivity index (χ1) is 12.3. The lowest BCUT2D eigenvalue weighted by Gasteiger charge is -2.19. The number of aryl methyl sites for hydroxylation is 1. The van der Waals surface area contributed by atoms with E-state index >= 15 is 0 Å². The Morgan fingerprint density at radius 2 is 1.76 bits per heavy atom. The second kappa shape index (κ2) is 5.21. The van der Waals surface area contributed by atoms with E-state index < -0.39 is 0 Å². The summed E-state index contributed by atoms with van der Waals surface area (Å²) in [7, 11) is 0. The number of aromatic nitrogens is 1. The Labute approximate surface area is 146 Å². The third-order valence-corrected chi connectivity index (χ3v) is 5.15. The summed E-state index contributed by atoms with van der Waals surface area (Å²) in [5, 5.41) is 7.25. The van der Waals surface area contributed by atoms with Gasteiger partial charge in [0.2, 0.25) is 0 Å². The molecule has 1 aliphatic rings. The summed E-state index contributed by atoms with van der Waals surface area (Å²) >= 11 is 0. The summed E-state index contributed by atoms with van der Waals surface area (Å²) in [4.78, 5) is 4.98. The fourth-order valence-electron chi connectivity index (χ4n) is 4.05. The molecule has 0 atom stereocenters. The van der Waals surface area contributed by atoms with Gasteiger partial charge in [0.25, 0.3) is 0 Å². The molecule has 2 heterocycles. The second-order valence-corrected chi connectivity index (χ2v) is 6.49. The second-order valence-electron chi connectivity index (χ2n) is 6.49. The lowest BCUT2D eigenvalue weighted by molar-refractivity contribution is 0.769. The zero-order valence-corrected chi connectivity index (χ0v) is 14.4. The first-order valence-corrected chi connectivity index (χ1v) is 8.73. The SMILES string of the molecule is CCn1c(C)c(C2=Nc3cccc4cccc(c34)N2)c2ccccc21. The number of benzene rings is 3. The van der Waals surface area contributed by atoms with Gasteiger partial charge in [-0.1, -0.05) is 42.5 Å². The number of fused-ring (bicyclic) bond motifs is 1. The molecule has 3 nitrogen and oxygen atoms in total. The Balaban J connectivity index is 1.81. The van der Waals surface area contributed by atoms with E-state index in [1.807, 2.05) is 0 Å². The molecule has 0 saturated heterocycles. The minimum atomic E-state index is 0.937. The highest BCUT2D eigenvalue weighted by molar-refractivity contribution is 6.23. The molecule has 0 spiro atoms. The van der Waals surface area contributed by atoms with Crippen molar-refractivity contribution < 1.29 is 0 Å². The van der Waals surface area contributed by atoms with Gasteiger partial charge in [-0.15, -0.1) is 0 Å². The van der Waals surface area contributed by atoms with E-state index in [1.165, 1.54) is 32.9 Å². The van der Waals surface area contributed by atoms with Crippen LogP contribution >= 0.6 is 0 Å². The van der Waals surface area contributed by atoms with Crippen LogP contribution in [0.4, 0.5) is 11.4 Å². The average molecular weight is 325 g/mol. The van der Waals surface area contributed by atoms with Crippen molar-refractivity contribution in [2.45, 2.75) is 20.4 Å². The van der Waals surface area contributed by atoms with E-state index in [0.29, 0.717) is 0 Å². The number of amidine groups is 1. The Bertz CT molecular complexity index is 1160. The minimum absolute atomic E-state index is 0.937. The van der Waals surface area contributed by atoms with Crippen LogP contribution in [0.3, 0.4) is 0 Å². The van der Waals surface area contributed by atoms with Crippen molar-refractivity contribution in [1.29, 1.82) is 0 Å². The number of hydrogen-bond donors (Lipinski definition) is 1. The fourth-order valence-corrected chi connectivity index (χ4v) is 4.05. The number of rotatable bonds is 2. The zero-order valence-electron chi connectivity index (χ0n) is 14.4. The Hall–Kier alpha value is -3.07. The molecule has 122 valence electrons. The number of nitrogens with zero attached hydrogens (tertiary/aromatic N) is 2. The largest absolute Gasteiger partial charge is 0.344 e. The molecule has 25 heavy (non-hydrogen) atoms. The average Bonchev–Trinajstić information content (AvgIpc) is 2.93. The summed E-state index contributed by atoms with van der Waals surface area (Å²) in [6.45, 7) is 5.32. The Morgan fingerprint density at radius 1 is 0.960 bits per heavy atom. The molecule has 0 bridgehead atoms. The Kier molecular flexibility index (Phi) is 2.98. The summed E-state index contributed by atoms with van der Waals surface area (Å²) in [6, 6.07) is 21.3. The standard InChI is InChI=1S/C22H19N3/c1-3-25-14(2)20(16-10-4-5-13-19(16)25)22-23-17-11-6-8-15-9-7-12-18(24-22)21(15)17/h4-13H,3H2,1-2H3,(H,23,24). The highest BCUT2D eigenvalue weighted by Crippen LogP contribution is 2.38. The van der Waals surface area contributed by atoms with Crippen molar-refractivity contribution in [3.63, 3.8) is 0 Å². The van der Waals surface area contributed by atoms with Crippen LogP contribution in [0.25, 0.3) is 21.7 Å². The predicted octanol–water partition coefficient (Wildman–Crippen LogP) is 5.63. The zero-order chi connectivity index (χ0) is 17.0. The molecule has 0 unspecified atom stereocenters. The third-order valence-electron chi connectivity index (χ3n) is 5.15. The van der Waals surface area contributed by atoms with Crippen molar-refractivity contribution in [2.75, 3.05) is 5.32 Å². The van der Waals surface area contributed by atoms with Crippen molar-refractivity contribution >= 4 is 38.9 Å². The molecular weight excluding hydrogens is 306 g/mol. The number of aliphatic imine (C=N–C) groups is 1. The van der Waals surface area contributed by atoms with Crippen LogP contribution in [-0.2, 0) is 6.54 Å². The van der Waals surface area contributed by atoms with Gasteiger partial charge < -0.3 is 9.88 Å². The molecule has 1 N–H and O–H groups in total. The molecule has 0 fully saturated rings. The number of nitrogens with one attached hydrogen (secondary N) is 1. The normalized spacial score (nSPS) is 13.1. The van der Waals surface area contributed by atoms with Gasteiger partial charge in [-0.25, -0.2) is 4.99 Å². The topological polar surface area (TPSA) is 29.3 Å². The van der Waals surface area contributed by atoms with Crippen LogP contribution in [0.15, 0.2) is 65.7 Å². The molecule has 0 aliphatic carbocycles. The Morgan fingerprint density at radius 3 is 2.60 bits per heavy atom. The highest BCUT2D eigenvalue weighted by atomic mass is 15.1. The summed E-state index contributed by atoms with van der Waals surface area (Å²) < 4.78 is 2.36. The number of anilines is 1. The van der Waals surface area contributed by atoms with Crippen LogP contribution in [-0.4, -0.2) is 10.4 Å². The number of hydrogen-bond acceptors (Lipinski definition) is 2. The quantitative estimate of drug-likeness (QED) is 0.509. The summed E-state index contributed by atoms with van der Waals surface area (Å²) in [6.07, 6.45) is 0. The lowest BCUT2D eigenvalue weighted by atomic mass is 10.0. The van der Waals surface area contributed by atoms with Gasteiger partial charge in [0.05, 0.1) is 5.69 Å². The van der Waals surface area contributed by atoms with Crippen molar-refractivity contribution in [3.05, 3.63) is 71.9 Å². The van der Waals surface area contributed by atoms with Crippen molar-refractivity contribution in [3.8, 4) is 0 Å². The first kappa shape index (κ1) is 14.3. The first-order valence-electron chi connectivity index (χ1n) is 8.73. The molecule has 4 aromatic rings. The predicted molar refractivity (Wildman–Crippen MR) is 106 cm³/mol. The third kappa shape index (κ3) is 1.96. The maximum atomic E-state index is 4.98. The van der Waals surface area contributed by atoms with Crippen LogP contribution < -0.4 is 5.32 Å². The maximum absolute atomic E-state index is 4.98. The van der Waals surface area contributed by atoms with Crippen molar-refractivity contribution in [2.24, 2.45) is 4.99 Å². The van der Waals surface area contributed by atoms with E-state index in [2.05, 4.69) is 84.4 Å². The molecule has 1 aliphatic heterocycles. The van der Waals surface area contributed by atoms with Gasteiger partial charge in [-0.2, -0.15) is 0 Å². The highest BCUT2D eigenvalue weighted by Gasteiger charge is 2.21. The van der Waals surface area contributed by atoms with E-state index in [4.69, 9.17) is 4.99 Å². The summed E-state index contributed by atoms with van der Waals surface area (Å²) in [5.41, 5.74) is 5.88. The van der Waals surface area contributed by atoms with Gasteiger partial charge in [0.15, 0.2) is 0 Å². The van der Waals surface area contributed by atoms with Gasteiger partial charge in [0.1, 0.15) is 5.84 Å². The molecule has 0 radical (unpaired) electrons. The smallest absolute Gasteiger partial charge is 0.140 e. The molecule has 5 rings (SSSR count). The fraction of sp³-hybridized carbons (Fsp3) is 0.136. The monoisotopic (exact) mass is 325 g/mol. The minimum Gasteiger partial charge on any atom is -0.344 e. The van der Waals surface area contributed by atoms with Crippen LogP contribution in [0.1, 0.15) is 18.2 Å². The van der Waals surface area contributed by atoms with Gasteiger partial charge in [-0.05, 0) is 37.4 Å². The maximum Gasteiger partial charge on any atom is 0.140 e. The number of para-hydroxylation sites is 1. The van der Waals surface area contributed by atoms with Gasteiger partial charge in [0, 0.05) is 39.8 Å². The van der Waals surface area contributed by atoms with Crippen molar-refractivity contribution in [1.82, 2.24) is 4.57 Å². The molecule has 1 aromatic heterocycles. The van der Waals surface area contributed by atoms with Gasteiger partial charge in [-0.3, -0.25) is 0 Å². The van der Waals surface area contributed by atoms with E-state index in [0.717, 1.165) is 23.8 Å². The summed E-state index contributed by atoms with van der Waals surface area (Å²) in [5.74, 6) is 0.937. The lowest BCUT2D eigenvalue weighted by Crippen LogP contribution is -2.17. The molecule has 3 aromatic carbocycles.